The predicted octanol–water partition coefficient (Wildman–Crippen LogP) is 5.41. The van der Waals surface area contributed by atoms with Crippen LogP contribution < -0.4 is 14.4 Å². The van der Waals surface area contributed by atoms with E-state index in [1.165, 1.54) is 7.11 Å². The maximum Gasteiger partial charge on any atom is 0.337 e. The van der Waals surface area contributed by atoms with Crippen LogP contribution in [-0.2, 0) is 23.1 Å². The Bertz CT molecular complexity index is 1360. The van der Waals surface area contributed by atoms with Crippen LogP contribution in [-0.4, -0.2) is 48.9 Å². The summed E-state index contributed by atoms with van der Waals surface area (Å²) in [6.45, 7) is 3.49. The molecule has 0 atom stereocenters. The summed E-state index contributed by atoms with van der Waals surface area (Å²) in [5.41, 5.74) is 3.36. The number of carbonyl (C=O) groups is 1. The van der Waals surface area contributed by atoms with Gasteiger partial charge in [0, 0.05) is 38.0 Å². The number of imidazole rings is 1. The molecule has 0 aliphatic carbocycles. The van der Waals surface area contributed by atoms with Gasteiger partial charge in [-0.3, -0.25) is 0 Å². The zero-order valence-electron chi connectivity index (χ0n) is 20.6. The van der Waals surface area contributed by atoms with Crippen LogP contribution >= 0.6 is 24.8 Å². The number of nitrogens with zero attached hydrogens (tertiary/aromatic N) is 3. The number of esters is 1. The van der Waals surface area contributed by atoms with Crippen molar-refractivity contribution in [2.75, 3.05) is 38.3 Å². The Kier molecular flexibility index (Phi) is 9.63. The average Bonchev–Trinajstić information content (AvgIpc) is 3.22. The molecule has 0 bridgehead atoms. The third kappa shape index (κ3) is 6.46. The molecule has 0 saturated carbocycles. The third-order valence-corrected chi connectivity index (χ3v) is 6.00. The van der Waals surface area contributed by atoms with Crippen molar-refractivity contribution in [1.82, 2.24) is 9.55 Å². The van der Waals surface area contributed by atoms with E-state index in [0.29, 0.717) is 11.3 Å². The van der Waals surface area contributed by atoms with Crippen molar-refractivity contribution in [3.63, 3.8) is 0 Å². The SMILES string of the molecule is COC(=O)c1cccc(OCc2nc3ccc(Oc4cccc(N5CCOCC5)c4)cc3n2C)c1.Cl.Cl. The zero-order chi connectivity index (χ0) is 24.2. The van der Waals surface area contributed by atoms with Crippen molar-refractivity contribution in [3.8, 4) is 17.2 Å². The summed E-state index contributed by atoms with van der Waals surface area (Å²) in [7, 11) is 3.30. The number of hydrogen-bond acceptors (Lipinski definition) is 7. The highest BCUT2D eigenvalue weighted by Gasteiger charge is 2.14. The molecule has 1 saturated heterocycles. The molecule has 5 rings (SSSR count). The number of hydrogen-bond donors (Lipinski definition) is 0. The summed E-state index contributed by atoms with van der Waals surface area (Å²) in [4.78, 5) is 18.8. The minimum absolute atomic E-state index is 0. The van der Waals surface area contributed by atoms with Crippen molar-refractivity contribution in [3.05, 3.63) is 78.1 Å². The van der Waals surface area contributed by atoms with Gasteiger partial charge in [0.15, 0.2) is 0 Å². The Morgan fingerprint density at radius 2 is 1.68 bits per heavy atom. The second kappa shape index (κ2) is 12.7. The first-order valence-electron chi connectivity index (χ1n) is 11.5. The zero-order valence-corrected chi connectivity index (χ0v) is 22.2. The van der Waals surface area contributed by atoms with Crippen molar-refractivity contribution in [2.45, 2.75) is 6.61 Å². The first-order chi connectivity index (χ1) is 17.1. The molecule has 2 heterocycles. The smallest absolute Gasteiger partial charge is 0.337 e. The quantitative estimate of drug-likeness (QED) is 0.287. The molecule has 0 N–H and O–H groups in total. The number of anilines is 1. The summed E-state index contributed by atoms with van der Waals surface area (Å²) in [6.07, 6.45) is 0. The lowest BCUT2D eigenvalue weighted by Gasteiger charge is -2.29. The Morgan fingerprint density at radius 1 is 0.946 bits per heavy atom. The van der Waals surface area contributed by atoms with Crippen LogP contribution in [0.3, 0.4) is 0 Å². The summed E-state index contributed by atoms with van der Waals surface area (Å²) < 4.78 is 24.3. The molecule has 37 heavy (non-hydrogen) atoms. The van der Waals surface area contributed by atoms with Crippen LogP contribution in [0.5, 0.6) is 17.2 Å². The number of methoxy groups -OCH3 is 1. The molecular formula is C27H29Cl2N3O5. The lowest BCUT2D eigenvalue weighted by molar-refractivity contribution is 0.0600. The first-order valence-corrected chi connectivity index (χ1v) is 11.5. The molecule has 196 valence electrons. The number of fused-ring (bicyclic) bond motifs is 1. The fourth-order valence-electron chi connectivity index (χ4n) is 4.09. The van der Waals surface area contributed by atoms with Crippen LogP contribution in [0.15, 0.2) is 66.7 Å². The van der Waals surface area contributed by atoms with Gasteiger partial charge in [-0.2, -0.15) is 0 Å². The van der Waals surface area contributed by atoms with E-state index in [2.05, 4.69) is 17.0 Å². The van der Waals surface area contributed by atoms with Gasteiger partial charge in [0.25, 0.3) is 0 Å². The van der Waals surface area contributed by atoms with Crippen molar-refractivity contribution in [1.29, 1.82) is 0 Å². The summed E-state index contributed by atoms with van der Waals surface area (Å²) in [5, 5.41) is 0. The molecular weight excluding hydrogens is 517 g/mol. The number of benzene rings is 3. The van der Waals surface area contributed by atoms with E-state index in [-0.39, 0.29) is 31.4 Å². The molecule has 0 amide bonds. The molecule has 1 aromatic heterocycles. The molecule has 1 aliphatic heterocycles. The Balaban J connectivity index is 0.00000190. The highest BCUT2D eigenvalue weighted by atomic mass is 35.5. The van der Waals surface area contributed by atoms with E-state index >= 15 is 0 Å². The topological polar surface area (TPSA) is 75.1 Å². The van der Waals surface area contributed by atoms with E-state index in [1.807, 2.05) is 41.9 Å². The number of halogens is 2. The Morgan fingerprint density at radius 3 is 2.46 bits per heavy atom. The van der Waals surface area contributed by atoms with Gasteiger partial charge in [-0.05, 0) is 42.5 Å². The molecule has 0 unspecified atom stereocenters. The number of morpholine rings is 1. The molecule has 1 aliphatic rings. The van der Waals surface area contributed by atoms with Gasteiger partial charge in [-0.25, -0.2) is 9.78 Å². The first kappa shape index (κ1) is 28.1. The molecule has 10 heteroatoms. The maximum absolute atomic E-state index is 11.8. The third-order valence-electron chi connectivity index (χ3n) is 6.00. The van der Waals surface area contributed by atoms with Crippen molar-refractivity contribution < 1.29 is 23.7 Å². The average molecular weight is 546 g/mol. The van der Waals surface area contributed by atoms with Crippen LogP contribution in [0.25, 0.3) is 11.0 Å². The molecule has 1 fully saturated rings. The van der Waals surface area contributed by atoms with Crippen molar-refractivity contribution in [2.24, 2.45) is 7.05 Å². The second-order valence-corrected chi connectivity index (χ2v) is 8.24. The van der Waals surface area contributed by atoms with E-state index < -0.39 is 5.97 Å². The van der Waals surface area contributed by atoms with E-state index in [0.717, 1.165) is 60.3 Å². The van der Waals surface area contributed by atoms with Gasteiger partial charge in [0.05, 0.1) is 36.9 Å². The summed E-state index contributed by atoms with van der Waals surface area (Å²) in [6, 6.07) is 20.9. The Hall–Kier alpha value is -3.46. The van der Waals surface area contributed by atoms with E-state index in [9.17, 15) is 4.79 Å². The van der Waals surface area contributed by atoms with Gasteiger partial charge in [0.1, 0.15) is 29.7 Å². The standard InChI is InChI=1S/C27H27N3O5.2ClH/c1-29-25-17-23(35-22-8-4-6-20(16-22)30-11-13-33-14-12-30)9-10-24(25)28-26(29)18-34-21-7-3-5-19(15-21)27(31)32-2;;/h3-10,15-17H,11-14,18H2,1-2H3;2*1H. The molecule has 0 radical (unpaired) electrons. The van der Waals surface area contributed by atoms with Gasteiger partial charge in [-0.1, -0.05) is 12.1 Å². The monoisotopic (exact) mass is 545 g/mol. The molecule has 0 spiro atoms. The van der Waals surface area contributed by atoms with Crippen LogP contribution in [0.2, 0.25) is 0 Å². The number of carbonyl (C=O) groups excluding carboxylic acids is 1. The predicted molar refractivity (Wildman–Crippen MR) is 147 cm³/mol. The van der Waals surface area contributed by atoms with Crippen LogP contribution in [0, 0.1) is 0 Å². The van der Waals surface area contributed by atoms with Crippen LogP contribution in [0.4, 0.5) is 5.69 Å². The second-order valence-electron chi connectivity index (χ2n) is 8.24. The largest absolute Gasteiger partial charge is 0.486 e. The van der Waals surface area contributed by atoms with Crippen molar-refractivity contribution >= 4 is 47.5 Å². The lowest BCUT2D eigenvalue weighted by Crippen LogP contribution is -2.36. The van der Waals surface area contributed by atoms with Gasteiger partial charge < -0.3 is 28.4 Å². The lowest BCUT2D eigenvalue weighted by atomic mass is 10.2. The van der Waals surface area contributed by atoms with Gasteiger partial charge >= 0.3 is 5.97 Å². The highest BCUT2D eigenvalue weighted by molar-refractivity contribution is 5.89. The van der Waals surface area contributed by atoms with Crippen LogP contribution in [0.1, 0.15) is 16.2 Å². The number of aryl methyl sites for hydroxylation is 1. The minimum Gasteiger partial charge on any atom is -0.486 e. The van der Waals surface area contributed by atoms with Gasteiger partial charge in [0.2, 0.25) is 0 Å². The maximum atomic E-state index is 11.8. The molecule has 3 aromatic carbocycles. The highest BCUT2D eigenvalue weighted by Crippen LogP contribution is 2.29. The molecule has 4 aromatic rings. The fraction of sp³-hybridized carbons (Fsp3) is 0.259. The summed E-state index contributed by atoms with van der Waals surface area (Å²) >= 11 is 0. The minimum atomic E-state index is -0.402. The normalized spacial score (nSPS) is 12.9. The number of aromatic nitrogens is 2. The number of rotatable bonds is 7. The molecule has 8 nitrogen and oxygen atoms in total. The fourth-order valence-corrected chi connectivity index (χ4v) is 4.09. The van der Waals surface area contributed by atoms with E-state index in [4.69, 9.17) is 23.9 Å². The Labute approximate surface area is 227 Å². The number of ether oxygens (including phenoxy) is 4. The van der Waals surface area contributed by atoms with E-state index in [1.54, 1.807) is 24.3 Å². The van der Waals surface area contributed by atoms with Gasteiger partial charge in [-0.15, -0.1) is 24.8 Å². The summed E-state index contributed by atoms with van der Waals surface area (Å²) in [5.74, 6) is 2.45.